The molecule has 1 spiro atoms. The highest BCUT2D eigenvalue weighted by atomic mass is 32.2. The Balaban J connectivity index is 1.46. The smallest absolute Gasteiger partial charge is 0.281 e. The normalized spacial score (nSPS) is 18.1. The van der Waals surface area contributed by atoms with E-state index in [1.807, 2.05) is 25.1 Å². The largest absolute Gasteiger partial charge is 0.370 e. The van der Waals surface area contributed by atoms with Crippen molar-refractivity contribution in [2.45, 2.75) is 23.8 Å². The zero-order valence-electron chi connectivity index (χ0n) is 18.7. The predicted octanol–water partition coefficient (Wildman–Crippen LogP) is 1.77. The van der Waals surface area contributed by atoms with E-state index < -0.39 is 15.4 Å². The molecule has 0 amide bonds. The highest BCUT2D eigenvalue weighted by molar-refractivity contribution is 7.91. The van der Waals surface area contributed by atoms with Crippen molar-refractivity contribution >= 4 is 32.1 Å². The van der Waals surface area contributed by atoms with Crippen LogP contribution >= 0.6 is 0 Å². The molecule has 0 unspecified atom stereocenters. The van der Waals surface area contributed by atoms with Gasteiger partial charge in [-0.1, -0.05) is 17.7 Å². The number of fused-ring (bicyclic) bond motifs is 3. The molecule has 0 radical (unpaired) electrons. The summed E-state index contributed by atoms with van der Waals surface area (Å²) < 4.78 is 28.3. The number of nitrogens with one attached hydrogen (secondary N) is 1. The summed E-state index contributed by atoms with van der Waals surface area (Å²) in [5.74, 6) is 0. The zero-order chi connectivity index (χ0) is 23.1. The molecular formula is C23H24N6O3S. The SMILES string of the molecule is Cc1ccc(S(=O)(=O)c2n[nH]n3c2nc(=O)c2ccc(N4CC5(CN(C)C5)C4)cc23)c(C)c1. The monoisotopic (exact) mass is 464 g/mol. The Hall–Kier alpha value is -3.24. The Morgan fingerprint density at radius 1 is 1.03 bits per heavy atom. The summed E-state index contributed by atoms with van der Waals surface area (Å²) in [5, 5.41) is 7.02. The number of aromatic nitrogens is 4. The second-order valence-corrected chi connectivity index (χ2v) is 11.4. The molecule has 2 saturated heterocycles. The molecule has 2 aliphatic heterocycles. The van der Waals surface area contributed by atoms with Gasteiger partial charge in [-0.05, 0) is 50.7 Å². The molecule has 9 nitrogen and oxygen atoms in total. The molecule has 0 saturated carbocycles. The predicted molar refractivity (Wildman–Crippen MR) is 125 cm³/mol. The van der Waals surface area contributed by atoms with E-state index in [-0.39, 0.29) is 15.6 Å². The van der Waals surface area contributed by atoms with Gasteiger partial charge in [-0.25, -0.2) is 18.1 Å². The first-order chi connectivity index (χ1) is 15.7. The first-order valence-corrected chi connectivity index (χ1v) is 12.3. The average Bonchev–Trinajstić information content (AvgIpc) is 3.14. The van der Waals surface area contributed by atoms with Gasteiger partial charge in [0, 0.05) is 37.3 Å². The maximum atomic E-state index is 13.4. The molecule has 1 N–H and O–H groups in total. The number of hydrogen-bond acceptors (Lipinski definition) is 7. The summed E-state index contributed by atoms with van der Waals surface area (Å²) in [5.41, 5.74) is 3.04. The lowest BCUT2D eigenvalue weighted by atomic mass is 9.73. The van der Waals surface area contributed by atoms with Crippen LogP contribution in [0.25, 0.3) is 16.6 Å². The number of aryl methyl sites for hydroxylation is 2. The van der Waals surface area contributed by atoms with Gasteiger partial charge in [-0.3, -0.25) is 4.79 Å². The van der Waals surface area contributed by atoms with Crippen LogP contribution in [0.15, 0.2) is 51.1 Å². The van der Waals surface area contributed by atoms with E-state index in [0.29, 0.717) is 21.9 Å². The van der Waals surface area contributed by atoms with Gasteiger partial charge in [0.15, 0.2) is 5.65 Å². The number of anilines is 1. The molecule has 2 aromatic heterocycles. The molecule has 10 heteroatoms. The van der Waals surface area contributed by atoms with E-state index in [9.17, 15) is 13.2 Å². The second-order valence-electron chi connectivity index (χ2n) is 9.60. The summed E-state index contributed by atoms with van der Waals surface area (Å²) in [6.07, 6.45) is 0. The molecule has 170 valence electrons. The molecule has 0 aliphatic carbocycles. The van der Waals surface area contributed by atoms with Crippen molar-refractivity contribution in [2.75, 3.05) is 38.1 Å². The minimum absolute atomic E-state index is 0.00493. The number of hydrogen-bond donors (Lipinski definition) is 1. The van der Waals surface area contributed by atoms with Crippen LogP contribution < -0.4 is 10.5 Å². The highest BCUT2D eigenvalue weighted by Crippen LogP contribution is 2.41. The first-order valence-electron chi connectivity index (χ1n) is 10.8. The van der Waals surface area contributed by atoms with E-state index in [1.54, 1.807) is 25.1 Å². The highest BCUT2D eigenvalue weighted by Gasteiger charge is 2.50. The number of H-pyrrole nitrogens is 1. The van der Waals surface area contributed by atoms with Crippen LogP contribution in [0.2, 0.25) is 0 Å². The van der Waals surface area contributed by atoms with E-state index >= 15 is 0 Å². The van der Waals surface area contributed by atoms with Gasteiger partial charge >= 0.3 is 0 Å². The van der Waals surface area contributed by atoms with E-state index in [1.165, 1.54) is 4.52 Å². The Kier molecular flexibility index (Phi) is 4.10. The molecule has 0 bridgehead atoms. The summed E-state index contributed by atoms with van der Waals surface area (Å²) in [4.78, 5) is 21.6. The topological polar surface area (TPSA) is 104 Å². The van der Waals surface area contributed by atoms with Crippen LogP contribution in [-0.2, 0) is 9.84 Å². The van der Waals surface area contributed by atoms with Crippen molar-refractivity contribution in [3.63, 3.8) is 0 Å². The molecule has 2 fully saturated rings. The van der Waals surface area contributed by atoms with Gasteiger partial charge in [-0.15, -0.1) is 5.10 Å². The maximum absolute atomic E-state index is 13.4. The standard InChI is InChI=1S/C23H24N6O3S/c1-14-4-7-19(15(2)8-14)33(31,32)22-20-24-21(30)17-6-5-16(9-18(17)29(20)26-25-22)28-12-23(13-28)10-27(3)11-23/h4-9,26H,10-13H2,1-3H3. The van der Waals surface area contributed by atoms with E-state index in [2.05, 4.69) is 32.1 Å². The van der Waals surface area contributed by atoms with E-state index in [4.69, 9.17) is 0 Å². The third-order valence-corrected chi connectivity index (χ3v) is 8.64. The van der Waals surface area contributed by atoms with Gasteiger partial charge in [-0.2, -0.15) is 4.98 Å². The van der Waals surface area contributed by atoms with Gasteiger partial charge in [0.25, 0.3) is 5.56 Å². The van der Waals surface area contributed by atoms with Gasteiger partial charge in [0.2, 0.25) is 14.9 Å². The minimum Gasteiger partial charge on any atom is -0.370 e. The van der Waals surface area contributed by atoms with Crippen LogP contribution in [0.1, 0.15) is 11.1 Å². The van der Waals surface area contributed by atoms with E-state index in [0.717, 1.165) is 37.4 Å². The van der Waals surface area contributed by atoms with Crippen molar-refractivity contribution in [3.8, 4) is 0 Å². The molecule has 2 aliphatic rings. The quantitative estimate of drug-likeness (QED) is 0.493. The lowest BCUT2D eigenvalue weighted by Crippen LogP contribution is -2.71. The molecule has 6 rings (SSSR count). The lowest BCUT2D eigenvalue weighted by molar-refractivity contribution is -0.00237. The molecule has 2 aromatic carbocycles. The third-order valence-electron chi connectivity index (χ3n) is 6.82. The van der Waals surface area contributed by atoms with Crippen LogP contribution in [0.5, 0.6) is 0 Å². The molecule has 4 aromatic rings. The van der Waals surface area contributed by atoms with Crippen molar-refractivity contribution < 1.29 is 8.42 Å². The number of aromatic amines is 1. The Labute approximate surface area is 190 Å². The number of nitrogens with zero attached hydrogens (tertiary/aromatic N) is 5. The van der Waals surface area contributed by atoms with Crippen molar-refractivity contribution in [1.29, 1.82) is 0 Å². The van der Waals surface area contributed by atoms with Crippen molar-refractivity contribution in [1.82, 2.24) is 24.7 Å². The zero-order valence-corrected chi connectivity index (χ0v) is 19.5. The molecule has 4 heterocycles. The fourth-order valence-corrected chi connectivity index (χ4v) is 6.90. The summed E-state index contributed by atoms with van der Waals surface area (Å²) in [6, 6.07) is 10.7. The van der Waals surface area contributed by atoms with Crippen LogP contribution in [-0.4, -0.2) is 66.4 Å². The lowest BCUT2D eigenvalue weighted by Gasteiger charge is -2.60. The Bertz CT molecular complexity index is 1610. The van der Waals surface area contributed by atoms with Crippen LogP contribution in [0.3, 0.4) is 0 Å². The number of likely N-dealkylation sites (tertiary alicyclic amines) is 1. The fraction of sp³-hybridized carbons (Fsp3) is 0.348. The average molecular weight is 465 g/mol. The van der Waals surface area contributed by atoms with Crippen molar-refractivity contribution in [2.24, 2.45) is 5.41 Å². The molecule has 0 atom stereocenters. The fourth-order valence-electron chi connectivity index (χ4n) is 5.42. The number of benzene rings is 2. The third kappa shape index (κ3) is 2.94. The van der Waals surface area contributed by atoms with Gasteiger partial charge in [0.1, 0.15) is 0 Å². The Morgan fingerprint density at radius 3 is 2.48 bits per heavy atom. The van der Waals surface area contributed by atoms with Crippen LogP contribution in [0, 0.1) is 19.3 Å². The van der Waals surface area contributed by atoms with Gasteiger partial charge in [0.05, 0.1) is 15.8 Å². The van der Waals surface area contributed by atoms with Crippen LogP contribution in [0.4, 0.5) is 5.69 Å². The minimum atomic E-state index is -3.97. The summed E-state index contributed by atoms with van der Waals surface area (Å²) in [6.45, 7) is 7.80. The second kappa shape index (κ2) is 6.64. The molecular weight excluding hydrogens is 440 g/mol. The van der Waals surface area contributed by atoms with Gasteiger partial charge < -0.3 is 9.80 Å². The Morgan fingerprint density at radius 2 is 1.79 bits per heavy atom. The molecule has 33 heavy (non-hydrogen) atoms. The maximum Gasteiger partial charge on any atom is 0.281 e. The first kappa shape index (κ1) is 20.4. The van der Waals surface area contributed by atoms with Crippen molar-refractivity contribution in [3.05, 3.63) is 57.9 Å². The summed E-state index contributed by atoms with van der Waals surface area (Å²) >= 11 is 0. The number of rotatable bonds is 3. The number of sulfone groups is 1. The summed E-state index contributed by atoms with van der Waals surface area (Å²) in [7, 11) is -1.84.